The zero-order valence-electron chi connectivity index (χ0n) is 8.74. The number of carbonyl (C=O) groups is 2. The fourth-order valence-electron chi connectivity index (χ4n) is 1.76. The molecule has 5 heteroatoms. The second-order valence-electron chi connectivity index (χ2n) is 4.15. The number of halogens is 1. The molecule has 4 nitrogen and oxygen atoms in total. The van der Waals surface area contributed by atoms with Crippen LogP contribution in [-0.4, -0.2) is 19.0 Å². The topological polar surface area (TPSA) is 66.4 Å². The Morgan fingerprint density at radius 2 is 2.00 bits per heavy atom. The molecule has 2 atom stereocenters. The molecule has 84 valence electrons. The minimum Gasteiger partial charge on any atom is -0.550 e. The summed E-state index contributed by atoms with van der Waals surface area (Å²) in [7, 11) is 1.22. The van der Waals surface area contributed by atoms with E-state index in [0.29, 0.717) is 0 Å². The highest BCUT2D eigenvalue weighted by Gasteiger charge is 2.57. The van der Waals surface area contributed by atoms with Crippen molar-refractivity contribution >= 4 is 23.5 Å². The molecule has 0 amide bonds. The summed E-state index contributed by atoms with van der Waals surface area (Å²) >= 11 is 5.64. The maximum Gasteiger partial charge on any atom is 0.349 e. The van der Waals surface area contributed by atoms with Crippen molar-refractivity contribution in [3.8, 4) is 0 Å². The van der Waals surface area contributed by atoms with E-state index in [0.717, 1.165) is 0 Å². The van der Waals surface area contributed by atoms with E-state index in [1.165, 1.54) is 13.2 Å². The van der Waals surface area contributed by atoms with E-state index in [1.807, 2.05) is 0 Å². The third kappa shape index (κ3) is 2.15. The van der Waals surface area contributed by atoms with Crippen molar-refractivity contribution in [1.82, 2.24) is 0 Å². The predicted molar refractivity (Wildman–Crippen MR) is 51.7 cm³/mol. The largest absolute Gasteiger partial charge is 0.550 e. The monoisotopic (exact) mass is 231 g/mol. The number of hydrogen-bond acceptors (Lipinski definition) is 4. The number of methoxy groups -OCH3 is 1. The molecular formula is C10H12ClO4-. The highest BCUT2D eigenvalue weighted by atomic mass is 35.5. The summed E-state index contributed by atoms with van der Waals surface area (Å²) in [5.41, 5.74) is -0.410. The first kappa shape index (κ1) is 12.0. The van der Waals surface area contributed by atoms with Crippen LogP contribution in [0.4, 0.5) is 0 Å². The molecule has 0 saturated heterocycles. The molecule has 0 heterocycles. The molecule has 15 heavy (non-hydrogen) atoms. The lowest BCUT2D eigenvalue weighted by Gasteiger charge is -2.01. The second kappa shape index (κ2) is 3.85. The molecule has 2 unspecified atom stereocenters. The molecule has 0 aromatic carbocycles. The third-order valence-corrected chi connectivity index (χ3v) is 3.15. The number of carbonyl (C=O) groups excluding carboxylic acids is 2. The van der Waals surface area contributed by atoms with Crippen molar-refractivity contribution in [2.75, 3.05) is 7.11 Å². The van der Waals surface area contributed by atoms with Crippen LogP contribution in [0.5, 0.6) is 0 Å². The third-order valence-electron chi connectivity index (χ3n) is 2.87. The van der Waals surface area contributed by atoms with Gasteiger partial charge in [-0.15, -0.1) is 0 Å². The van der Waals surface area contributed by atoms with Gasteiger partial charge in [-0.3, -0.25) is 0 Å². The van der Waals surface area contributed by atoms with Gasteiger partial charge in [-0.2, -0.15) is 0 Å². The van der Waals surface area contributed by atoms with Crippen LogP contribution in [0.25, 0.3) is 0 Å². The fraction of sp³-hybridized carbons (Fsp3) is 0.600. The highest BCUT2D eigenvalue weighted by molar-refractivity contribution is 6.41. The smallest absolute Gasteiger partial charge is 0.349 e. The summed E-state index contributed by atoms with van der Waals surface area (Å²) in [6, 6.07) is 0. The SMILES string of the molecule is COC(=O)/C(Cl)=C\C1C(C(=O)[O-])C1(C)C. The van der Waals surface area contributed by atoms with Gasteiger partial charge in [-0.05, 0) is 11.3 Å². The van der Waals surface area contributed by atoms with E-state index in [9.17, 15) is 14.7 Å². The van der Waals surface area contributed by atoms with Crippen LogP contribution >= 0.6 is 11.6 Å². The predicted octanol–water partition coefficient (Wildman–Crippen LogP) is 0.304. The van der Waals surface area contributed by atoms with Crippen LogP contribution in [-0.2, 0) is 14.3 Å². The van der Waals surface area contributed by atoms with Crippen molar-refractivity contribution in [2.45, 2.75) is 13.8 Å². The van der Waals surface area contributed by atoms with Crippen LogP contribution in [0.1, 0.15) is 13.8 Å². The Balaban J connectivity index is 2.78. The zero-order valence-corrected chi connectivity index (χ0v) is 9.50. The zero-order chi connectivity index (χ0) is 11.8. The van der Waals surface area contributed by atoms with Gasteiger partial charge >= 0.3 is 5.97 Å². The Hall–Kier alpha value is -1.03. The average molecular weight is 232 g/mol. The molecule has 0 N–H and O–H groups in total. The molecule has 0 bridgehead atoms. The van der Waals surface area contributed by atoms with E-state index in [1.54, 1.807) is 13.8 Å². The van der Waals surface area contributed by atoms with E-state index in [4.69, 9.17) is 11.6 Å². The van der Waals surface area contributed by atoms with Crippen LogP contribution < -0.4 is 5.11 Å². The summed E-state index contributed by atoms with van der Waals surface area (Å²) in [6.45, 7) is 3.58. The number of allylic oxidation sites excluding steroid dienone is 1. The van der Waals surface area contributed by atoms with E-state index < -0.39 is 23.3 Å². The molecule has 1 aliphatic carbocycles. The lowest BCUT2D eigenvalue weighted by molar-refractivity contribution is -0.309. The number of aliphatic carboxylic acids is 1. The molecule has 1 fully saturated rings. The fourth-order valence-corrected chi connectivity index (χ4v) is 1.97. The number of rotatable bonds is 3. The molecule has 0 spiro atoms. The Bertz CT molecular complexity index is 332. The van der Waals surface area contributed by atoms with Gasteiger partial charge in [0.25, 0.3) is 0 Å². The van der Waals surface area contributed by atoms with Gasteiger partial charge in [0.2, 0.25) is 0 Å². The average Bonchev–Trinajstić information content (AvgIpc) is 2.66. The standard InChI is InChI=1S/C10H13ClO4/c1-10(2)5(7(10)8(12)13)4-6(11)9(14)15-3/h4-5,7H,1-3H3,(H,12,13)/p-1/b6-4+. The van der Waals surface area contributed by atoms with Gasteiger partial charge < -0.3 is 14.6 Å². The van der Waals surface area contributed by atoms with Gasteiger partial charge in [-0.25, -0.2) is 4.79 Å². The Kier molecular flexibility index (Phi) is 3.09. The quantitative estimate of drug-likeness (QED) is 0.518. The van der Waals surface area contributed by atoms with Crippen molar-refractivity contribution in [3.05, 3.63) is 11.1 Å². The first-order chi connectivity index (χ1) is 6.82. The van der Waals surface area contributed by atoms with Crippen LogP contribution in [0, 0.1) is 17.3 Å². The summed E-state index contributed by atoms with van der Waals surface area (Å²) in [5, 5.41) is 10.6. The minimum absolute atomic E-state index is 0.0840. The first-order valence-corrected chi connectivity index (χ1v) is 4.86. The van der Waals surface area contributed by atoms with Crippen molar-refractivity contribution in [2.24, 2.45) is 17.3 Å². The summed E-state index contributed by atoms with van der Waals surface area (Å²) in [6.07, 6.45) is 1.42. The number of carboxylic acid groups (broad SMARTS) is 1. The molecule has 0 radical (unpaired) electrons. The van der Waals surface area contributed by atoms with Gasteiger partial charge in [0.15, 0.2) is 0 Å². The normalized spacial score (nSPS) is 28.4. The van der Waals surface area contributed by atoms with Crippen LogP contribution in [0.3, 0.4) is 0 Å². The number of esters is 1. The Morgan fingerprint density at radius 1 is 1.47 bits per heavy atom. The van der Waals surface area contributed by atoms with Gasteiger partial charge in [-0.1, -0.05) is 31.5 Å². The maximum absolute atomic E-state index is 11.0. The number of hydrogen-bond donors (Lipinski definition) is 0. The van der Waals surface area contributed by atoms with Gasteiger partial charge in [0.1, 0.15) is 5.03 Å². The van der Waals surface area contributed by atoms with E-state index in [2.05, 4.69) is 4.74 Å². The molecule has 1 saturated carbocycles. The van der Waals surface area contributed by atoms with Crippen molar-refractivity contribution in [1.29, 1.82) is 0 Å². The summed E-state index contributed by atoms with van der Waals surface area (Å²) < 4.78 is 4.40. The summed E-state index contributed by atoms with van der Waals surface area (Å²) in [5.74, 6) is -2.63. The lowest BCUT2D eigenvalue weighted by Crippen LogP contribution is -2.26. The van der Waals surface area contributed by atoms with Crippen LogP contribution in [0.2, 0.25) is 0 Å². The minimum atomic E-state index is -1.12. The summed E-state index contributed by atoms with van der Waals surface area (Å²) in [4.78, 5) is 21.7. The van der Waals surface area contributed by atoms with Gasteiger partial charge in [0, 0.05) is 11.9 Å². The Morgan fingerprint density at radius 3 is 2.33 bits per heavy atom. The number of carboxylic acids is 1. The second-order valence-corrected chi connectivity index (χ2v) is 4.56. The van der Waals surface area contributed by atoms with Gasteiger partial charge in [0.05, 0.1) is 7.11 Å². The van der Waals surface area contributed by atoms with E-state index in [-0.39, 0.29) is 11.0 Å². The highest BCUT2D eigenvalue weighted by Crippen LogP contribution is 2.59. The first-order valence-electron chi connectivity index (χ1n) is 4.49. The van der Waals surface area contributed by atoms with E-state index >= 15 is 0 Å². The van der Waals surface area contributed by atoms with Crippen molar-refractivity contribution < 1.29 is 19.4 Å². The molecule has 0 aromatic rings. The Labute approximate surface area is 92.9 Å². The lowest BCUT2D eigenvalue weighted by atomic mass is 10.1. The molecular weight excluding hydrogens is 220 g/mol. The van der Waals surface area contributed by atoms with Crippen LogP contribution in [0.15, 0.2) is 11.1 Å². The molecule has 1 rings (SSSR count). The molecule has 0 aliphatic heterocycles. The maximum atomic E-state index is 11.0. The number of ether oxygens (including phenoxy) is 1. The molecule has 0 aromatic heterocycles. The van der Waals surface area contributed by atoms with Crippen molar-refractivity contribution in [3.63, 3.8) is 0 Å². The molecule has 1 aliphatic rings.